The van der Waals surface area contributed by atoms with E-state index in [2.05, 4.69) is 5.32 Å². The van der Waals surface area contributed by atoms with Crippen molar-refractivity contribution in [3.8, 4) is 0 Å². The molecule has 0 saturated heterocycles. The van der Waals surface area contributed by atoms with Crippen LogP contribution in [0.25, 0.3) is 0 Å². The SMILES string of the molecule is CCC(C)NCC(=O)O.Cl. The monoisotopic (exact) mass is 167 g/mol. The fourth-order valence-electron chi connectivity index (χ4n) is 0.406. The quantitative estimate of drug-likeness (QED) is 0.654. The molecule has 0 amide bonds. The van der Waals surface area contributed by atoms with Gasteiger partial charge in [0.25, 0.3) is 0 Å². The van der Waals surface area contributed by atoms with Crippen LogP contribution in [-0.4, -0.2) is 23.7 Å². The van der Waals surface area contributed by atoms with Gasteiger partial charge >= 0.3 is 5.97 Å². The molecule has 0 saturated carbocycles. The average Bonchev–Trinajstić information content (AvgIpc) is 1.83. The molecule has 4 heteroatoms. The summed E-state index contributed by atoms with van der Waals surface area (Å²) in [7, 11) is 0. The maximum Gasteiger partial charge on any atom is 0.317 e. The molecule has 0 aliphatic carbocycles. The number of hydrogen-bond donors (Lipinski definition) is 2. The fourth-order valence-corrected chi connectivity index (χ4v) is 0.406. The van der Waals surface area contributed by atoms with Crippen molar-refractivity contribution in [3.63, 3.8) is 0 Å². The van der Waals surface area contributed by atoms with Crippen LogP contribution in [-0.2, 0) is 4.79 Å². The van der Waals surface area contributed by atoms with Gasteiger partial charge in [-0.2, -0.15) is 0 Å². The highest BCUT2D eigenvalue weighted by atomic mass is 35.5. The first-order valence-corrected chi connectivity index (χ1v) is 3.12. The van der Waals surface area contributed by atoms with Gasteiger partial charge in [0, 0.05) is 6.04 Å². The maximum atomic E-state index is 9.96. The van der Waals surface area contributed by atoms with E-state index in [0.29, 0.717) is 6.04 Å². The van der Waals surface area contributed by atoms with E-state index in [1.807, 2.05) is 13.8 Å². The minimum atomic E-state index is -0.796. The Balaban J connectivity index is 0. The average molecular weight is 168 g/mol. The van der Waals surface area contributed by atoms with Crippen molar-refractivity contribution in [3.05, 3.63) is 0 Å². The molecule has 0 heterocycles. The second-order valence-electron chi connectivity index (χ2n) is 2.08. The highest BCUT2D eigenvalue weighted by Gasteiger charge is 1.99. The summed E-state index contributed by atoms with van der Waals surface area (Å²) in [6, 6.07) is 0.307. The number of carbonyl (C=O) groups is 1. The van der Waals surface area contributed by atoms with Gasteiger partial charge in [-0.25, -0.2) is 0 Å². The minimum Gasteiger partial charge on any atom is -0.480 e. The molecule has 1 unspecified atom stereocenters. The molecular formula is C6H14ClNO2. The topological polar surface area (TPSA) is 49.3 Å². The standard InChI is InChI=1S/C6H13NO2.ClH/c1-3-5(2)7-4-6(8)9;/h5,7H,3-4H2,1-2H3,(H,8,9);1H. The van der Waals surface area contributed by atoms with Crippen molar-refractivity contribution in [1.82, 2.24) is 5.32 Å². The highest BCUT2D eigenvalue weighted by Crippen LogP contribution is 1.85. The molecule has 0 spiro atoms. The number of rotatable bonds is 4. The summed E-state index contributed by atoms with van der Waals surface area (Å²) in [6.45, 7) is 4.04. The van der Waals surface area contributed by atoms with Crippen LogP contribution < -0.4 is 5.32 Å². The smallest absolute Gasteiger partial charge is 0.317 e. The van der Waals surface area contributed by atoms with Gasteiger partial charge in [0.1, 0.15) is 0 Å². The predicted molar refractivity (Wildman–Crippen MR) is 42.6 cm³/mol. The van der Waals surface area contributed by atoms with Crippen molar-refractivity contribution < 1.29 is 9.90 Å². The molecule has 10 heavy (non-hydrogen) atoms. The van der Waals surface area contributed by atoms with Crippen LogP contribution in [0.1, 0.15) is 20.3 Å². The summed E-state index contributed by atoms with van der Waals surface area (Å²) in [4.78, 5) is 9.96. The zero-order valence-corrected chi connectivity index (χ0v) is 7.07. The molecule has 0 aliphatic heterocycles. The summed E-state index contributed by atoms with van der Waals surface area (Å²) in [5, 5.41) is 11.0. The Labute approximate surface area is 67.2 Å². The summed E-state index contributed by atoms with van der Waals surface area (Å²) in [5.41, 5.74) is 0. The molecule has 3 nitrogen and oxygen atoms in total. The van der Waals surface area contributed by atoms with Crippen LogP contribution in [0.3, 0.4) is 0 Å². The zero-order valence-electron chi connectivity index (χ0n) is 6.26. The molecule has 62 valence electrons. The van der Waals surface area contributed by atoms with Crippen LogP contribution in [0.5, 0.6) is 0 Å². The molecule has 0 radical (unpaired) electrons. The number of carboxylic acid groups (broad SMARTS) is 1. The van der Waals surface area contributed by atoms with E-state index in [9.17, 15) is 4.79 Å². The van der Waals surface area contributed by atoms with Gasteiger partial charge in [-0.3, -0.25) is 4.79 Å². The number of nitrogens with one attached hydrogen (secondary N) is 1. The molecule has 0 aromatic carbocycles. The number of carboxylic acids is 1. The molecule has 0 aromatic rings. The van der Waals surface area contributed by atoms with Gasteiger partial charge in [-0.15, -0.1) is 12.4 Å². The Hall–Kier alpha value is -0.280. The largest absolute Gasteiger partial charge is 0.480 e. The molecular weight excluding hydrogens is 154 g/mol. The van der Waals surface area contributed by atoms with E-state index in [1.165, 1.54) is 0 Å². The van der Waals surface area contributed by atoms with E-state index in [1.54, 1.807) is 0 Å². The van der Waals surface area contributed by atoms with E-state index >= 15 is 0 Å². The second-order valence-corrected chi connectivity index (χ2v) is 2.08. The Morgan fingerprint density at radius 1 is 1.70 bits per heavy atom. The summed E-state index contributed by atoms with van der Waals surface area (Å²) >= 11 is 0. The van der Waals surface area contributed by atoms with Gasteiger partial charge in [0.05, 0.1) is 6.54 Å². The van der Waals surface area contributed by atoms with Crippen LogP contribution in [0.4, 0.5) is 0 Å². The molecule has 2 N–H and O–H groups in total. The summed E-state index contributed by atoms with van der Waals surface area (Å²) < 4.78 is 0. The van der Waals surface area contributed by atoms with E-state index in [4.69, 9.17) is 5.11 Å². The van der Waals surface area contributed by atoms with Crippen molar-refractivity contribution in [1.29, 1.82) is 0 Å². The Morgan fingerprint density at radius 2 is 2.20 bits per heavy atom. The van der Waals surface area contributed by atoms with E-state index in [-0.39, 0.29) is 19.0 Å². The molecule has 0 aromatic heterocycles. The van der Waals surface area contributed by atoms with Crippen LogP contribution in [0.15, 0.2) is 0 Å². The molecule has 0 bridgehead atoms. The van der Waals surface area contributed by atoms with Crippen molar-refractivity contribution >= 4 is 18.4 Å². The van der Waals surface area contributed by atoms with Crippen molar-refractivity contribution in [2.75, 3.05) is 6.54 Å². The lowest BCUT2D eigenvalue weighted by Crippen LogP contribution is -2.30. The zero-order chi connectivity index (χ0) is 7.28. The maximum absolute atomic E-state index is 9.96. The molecule has 1 atom stereocenters. The molecule has 0 rings (SSSR count). The lowest BCUT2D eigenvalue weighted by atomic mass is 10.3. The first-order chi connectivity index (χ1) is 4.16. The third-order valence-corrected chi connectivity index (χ3v) is 1.21. The third kappa shape index (κ3) is 7.72. The third-order valence-electron chi connectivity index (χ3n) is 1.21. The lowest BCUT2D eigenvalue weighted by Gasteiger charge is -2.07. The van der Waals surface area contributed by atoms with E-state index in [0.717, 1.165) is 6.42 Å². The first kappa shape index (κ1) is 12.4. The predicted octanol–water partition coefficient (Wildman–Crippen LogP) is 0.881. The van der Waals surface area contributed by atoms with Gasteiger partial charge in [0.2, 0.25) is 0 Å². The van der Waals surface area contributed by atoms with Crippen LogP contribution >= 0.6 is 12.4 Å². The number of halogens is 1. The van der Waals surface area contributed by atoms with Gasteiger partial charge in [-0.05, 0) is 13.3 Å². The lowest BCUT2D eigenvalue weighted by molar-refractivity contribution is -0.136. The van der Waals surface area contributed by atoms with Gasteiger partial charge < -0.3 is 10.4 Å². The van der Waals surface area contributed by atoms with Gasteiger partial charge in [0.15, 0.2) is 0 Å². The minimum absolute atomic E-state index is 0. The van der Waals surface area contributed by atoms with Crippen LogP contribution in [0, 0.1) is 0 Å². The Bertz CT molecular complexity index is 97.7. The van der Waals surface area contributed by atoms with Gasteiger partial charge in [-0.1, -0.05) is 6.92 Å². The molecule has 0 aliphatic rings. The highest BCUT2D eigenvalue weighted by molar-refractivity contribution is 5.85. The fraction of sp³-hybridized carbons (Fsp3) is 0.833. The Morgan fingerprint density at radius 3 is 2.50 bits per heavy atom. The normalized spacial score (nSPS) is 11.8. The number of aliphatic carboxylic acids is 1. The molecule has 0 fully saturated rings. The van der Waals surface area contributed by atoms with Crippen LogP contribution in [0.2, 0.25) is 0 Å². The first-order valence-electron chi connectivity index (χ1n) is 3.12. The van der Waals surface area contributed by atoms with Crippen molar-refractivity contribution in [2.45, 2.75) is 26.3 Å². The Kier molecular flexibility index (Phi) is 8.48. The van der Waals surface area contributed by atoms with Crippen molar-refractivity contribution in [2.24, 2.45) is 0 Å². The summed E-state index contributed by atoms with van der Waals surface area (Å²) in [5.74, 6) is -0.796. The summed E-state index contributed by atoms with van der Waals surface area (Å²) in [6.07, 6.45) is 0.966. The van der Waals surface area contributed by atoms with E-state index < -0.39 is 5.97 Å². The second kappa shape index (κ2) is 6.83. The number of hydrogen-bond acceptors (Lipinski definition) is 2.